The summed E-state index contributed by atoms with van der Waals surface area (Å²) >= 11 is 0. The van der Waals surface area contributed by atoms with Gasteiger partial charge in [-0.3, -0.25) is 4.79 Å². The largest absolute Gasteiger partial charge is 0.491 e. The van der Waals surface area contributed by atoms with Crippen LogP contribution in [0.15, 0.2) is 42.5 Å². The van der Waals surface area contributed by atoms with Gasteiger partial charge in [0.2, 0.25) is 0 Å². The summed E-state index contributed by atoms with van der Waals surface area (Å²) in [5.74, 6) is -0.147. The van der Waals surface area contributed by atoms with Gasteiger partial charge in [0.1, 0.15) is 11.6 Å². The molecule has 3 rings (SSSR count). The SMILES string of the molecule is CC(C)Oc1ccc(F)c(-c2ccc(CC[C@H]3C[C@H]3C(=O)O)cc2)c1. The molecule has 1 aliphatic rings. The van der Waals surface area contributed by atoms with Crippen molar-refractivity contribution in [3.63, 3.8) is 0 Å². The highest BCUT2D eigenvalue weighted by Gasteiger charge is 2.42. The molecule has 2 aromatic rings. The molecule has 0 unspecified atom stereocenters. The number of ether oxygens (including phenoxy) is 1. The first-order valence-corrected chi connectivity index (χ1v) is 8.72. The average molecular weight is 342 g/mol. The van der Waals surface area contributed by atoms with Crippen molar-refractivity contribution in [2.75, 3.05) is 0 Å². The van der Waals surface area contributed by atoms with E-state index in [4.69, 9.17) is 9.84 Å². The molecule has 1 N–H and O–H groups in total. The molecule has 4 heteroatoms. The second-order valence-corrected chi connectivity index (χ2v) is 6.98. The van der Waals surface area contributed by atoms with Crippen molar-refractivity contribution in [2.24, 2.45) is 11.8 Å². The molecule has 1 fully saturated rings. The van der Waals surface area contributed by atoms with E-state index in [9.17, 15) is 9.18 Å². The predicted octanol–water partition coefficient (Wildman–Crippen LogP) is 4.93. The summed E-state index contributed by atoms with van der Waals surface area (Å²) in [6.45, 7) is 3.87. The van der Waals surface area contributed by atoms with Gasteiger partial charge < -0.3 is 9.84 Å². The maximum absolute atomic E-state index is 14.2. The lowest BCUT2D eigenvalue weighted by Gasteiger charge is -2.12. The number of rotatable bonds is 7. The lowest BCUT2D eigenvalue weighted by atomic mass is 10.0. The molecule has 2 aromatic carbocycles. The van der Waals surface area contributed by atoms with E-state index in [0.29, 0.717) is 17.2 Å². The van der Waals surface area contributed by atoms with Crippen LogP contribution in [0.4, 0.5) is 4.39 Å². The fourth-order valence-electron chi connectivity index (χ4n) is 3.14. The van der Waals surface area contributed by atoms with Gasteiger partial charge in [-0.25, -0.2) is 4.39 Å². The number of aryl methyl sites for hydroxylation is 1. The fourth-order valence-corrected chi connectivity index (χ4v) is 3.14. The third-order valence-corrected chi connectivity index (χ3v) is 4.62. The van der Waals surface area contributed by atoms with E-state index in [1.807, 2.05) is 38.1 Å². The highest BCUT2D eigenvalue weighted by molar-refractivity contribution is 5.73. The fraction of sp³-hybridized carbons (Fsp3) is 0.381. The Morgan fingerprint density at radius 2 is 1.96 bits per heavy atom. The molecule has 2 atom stereocenters. The van der Waals surface area contributed by atoms with Crippen LogP contribution in [0.25, 0.3) is 11.1 Å². The number of aliphatic carboxylic acids is 1. The first kappa shape index (κ1) is 17.5. The summed E-state index contributed by atoms with van der Waals surface area (Å²) in [5, 5.41) is 8.94. The van der Waals surface area contributed by atoms with E-state index in [1.165, 1.54) is 6.07 Å². The molecule has 3 nitrogen and oxygen atoms in total. The molecule has 0 heterocycles. The van der Waals surface area contributed by atoms with Crippen molar-refractivity contribution in [2.45, 2.75) is 39.2 Å². The van der Waals surface area contributed by atoms with Crippen LogP contribution in [0.3, 0.4) is 0 Å². The van der Waals surface area contributed by atoms with Crippen LogP contribution in [-0.2, 0) is 11.2 Å². The molecule has 0 aliphatic heterocycles. The third kappa shape index (κ3) is 4.38. The summed E-state index contributed by atoms with van der Waals surface area (Å²) in [6, 6.07) is 12.6. The Balaban J connectivity index is 1.67. The van der Waals surface area contributed by atoms with Crippen LogP contribution in [0.2, 0.25) is 0 Å². The van der Waals surface area contributed by atoms with Crippen molar-refractivity contribution in [1.82, 2.24) is 0 Å². The van der Waals surface area contributed by atoms with Crippen LogP contribution >= 0.6 is 0 Å². The van der Waals surface area contributed by atoms with Crippen molar-refractivity contribution >= 4 is 5.97 Å². The van der Waals surface area contributed by atoms with Crippen molar-refractivity contribution < 1.29 is 19.0 Å². The molecule has 25 heavy (non-hydrogen) atoms. The Morgan fingerprint density at radius 1 is 1.24 bits per heavy atom. The number of halogens is 1. The smallest absolute Gasteiger partial charge is 0.306 e. The minimum absolute atomic E-state index is 0.0396. The topological polar surface area (TPSA) is 46.5 Å². The highest BCUT2D eigenvalue weighted by Crippen LogP contribution is 2.42. The van der Waals surface area contributed by atoms with Gasteiger partial charge in [-0.15, -0.1) is 0 Å². The molecule has 0 bridgehead atoms. The molecular formula is C21H23FO3. The Hall–Kier alpha value is -2.36. The van der Waals surface area contributed by atoms with Gasteiger partial charge in [0.25, 0.3) is 0 Å². The zero-order valence-electron chi connectivity index (χ0n) is 14.5. The van der Waals surface area contributed by atoms with E-state index in [-0.39, 0.29) is 17.8 Å². The Kier molecular flexibility index (Phi) is 5.07. The Bertz CT molecular complexity index is 752. The Morgan fingerprint density at radius 3 is 2.56 bits per heavy atom. The predicted molar refractivity (Wildman–Crippen MR) is 95.2 cm³/mol. The van der Waals surface area contributed by atoms with Gasteiger partial charge in [-0.2, -0.15) is 0 Å². The van der Waals surface area contributed by atoms with Crippen LogP contribution in [0, 0.1) is 17.7 Å². The third-order valence-electron chi connectivity index (χ3n) is 4.62. The summed E-state index contributed by atoms with van der Waals surface area (Å²) < 4.78 is 19.8. The summed E-state index contributed by atoms with van der Waals surface area (Å²) in [5.41, 5.74) is 2.48. The monoisotopic (exact) mass is 342 g/mol. The molecular weight excluding hydrogens is 319 g/mol. The van der Waals surface area contributed by atoms with E-state index in [0.717, 1.165) is 30.4 Å². The zero-order valence-corrected chi connectivity index (χ0v) is 14.5. The maximum Gasteiger partial charge on any atom is 0.306 e. The molecule has 1 aliphatic carbocycles. The van der Waals surface area contributed by atoms with Gasteiger partial charge >= 0.3 is 5.97 Å². The van der Waals surface area contributed by atoms with Gasteiger partial charge in [-0.1, -0.05) is 24.3 Å². The van der Waals surface area contributed by atoms with E-state index in [1.54, 1.807) is 12.1 Å². The second-order valence-electron chi connectivity index (χ2n) is 6.98. The van der Waals surface area contributed by atoms with E-state index >= 15 is 0 Å². The molecule has 1 saturated carbocycles. The molecule has 132 valence electrons. The first-order chi connectivity index (χ1) is 11.9. The van der Waals surface area contributed by atoms with Gasteiger partial charge in [0, 0.05) is 5.56 Å². The standard InChI is InChI=1S/C21H23FO3/c1-13(2)25-17-9-10-20(22)18(12-17)15-6-3-14(4-7-15)5-8-16-11-19(16)21(23)24/h3-4,6-7,9-10,12-13,16,19H,5,8,11H2,1-2H3,(H,23,24)/t16-,19+/m0/s1. The average Bonchev–Trinajstić information content (AvgIpc) is 3.35. The van der Waals surface area contributed by atoms with Crippen LogP contribution in [0.1, 0.15) is 32.3 Å². The Labute approximate surface area is 147 Å². The molecule has 0 spiro atoms. The van der Waals surface area contributed by atoms with Gasteiger partial charge in [-0.05, 0) is 68.4 Å². The number of carbonyl (C=O) groups is 1. The second kappa shape index (κ2) is 7.26. The summed E-state index contributed by atoms with van der Waals surface area (Å²) in [4.78, 5) is 10.9. The van der Waals surface area contributed by atoms with Crippen molar-refractivity contribution in [1.29, 1.82) is 0 Å². The molecule has 0 saturated heterocycles. The first-order valence-electron chi connectivity index (χ1n) is 8.72. The number of hydrogen-bond donors (Lipinski definition) is 1. The summed E-state index contributed by atoms with van der Waals surface area (Å²) in [7, 11) is 0. The van der Waals surface area contributed by atoms with Crippen LogP contribution < -0.4 is 4.74 Å². The normalized spacial score (nSPS) is 19.0. The number of hydrogen-bond acceptors (Lipinski definition) is 2. The maximum atomic E-state index is 14.2. The number of carboxylic acids is 1. The van der Waals surface area contributed by atoms with Gasteiger partial charge in [0.05, 0.1) is 12.0 Å². The lowest BCUT2D eigenvalue weighted by molar-refractivity contribution is -0.138. The van der Waals surface area contributed by atoms with Gasteiger partial charge in [0.15, 0.2) is 0 Å². The van der Waals surface area contributed by atoms with Crippen LogP contribution in [-0.4, -0.2) is 17.2 Å². The van der Waals surface area contributed by atoms with Crippen molar-refractivity contribution in [3.05, 3.63) is 53.8 Å². The highest BCUT2D eigenvalue weighted by atomic mass is 19.1. The van der Waals surface area contributed by atoms with E-state index in [2.05, 4.69) is 0 Å². The molecule has 0 amide bonds. The van der Waals surface area contributed by atoms with Crippen molar-refractivity contribution in [3.8, 4) is 16.9 Å². The quantitative estimate of drug-likeness (QED) is 0.776. The number of benzene rings is 2. The zero-order chi connectivity index (χ0) is 18.0. The van der Waals surface area contributed by atoms with Crippen LogP contribution in [0.5, 0.6) is 5.75 Å². The minimum Gasteiger partial charge on any atom is -0.491 e. The minimum atomic E-state index is -0.681. The lowest BCUT2D eigenvalue weighted by Crippen LogP contribution is -2.05. The number of carboxylic acid groups (broad SMARTS) is 1. The van der Waals surface area contributed by atoms with E-state index < -0.39 is 5.97 Å². The molecule has 0 aromatic heterocycles. The molecule has 0 radical (unpaired) electrons. The summed E-state index contributed by atoms with van der Waals surface area (Å²) in [6.07, 6.45) is 2.58.